The Morgan fingerprint density at radius 3 is 2.67 bits per heavy atom. The molecule has 0 aliphatic rings. The molecule has 0 spiro atoms. The van der Waals surface area contributed by atoms with Crippen LogP contribution in [0.25, 0.3) is 10.6 Å². The summed E-state index contributed by atoms with van der Waals surface area (Å²) < 4.78 is 0. The summed E-state index contributed by atoms with van der Waals surface area (Å²) in [5.41, 5.74) is 2.42. The van der Waals surface area contributed by atoms with Gasteiger partial charge >= 0.3 is 5.97 Å². The van der Waals surface area contributed by atoms with Crippen LogP contribution in [0.4, 0.5) is 0 Å². The Bertz CT molecular complexity index is 725. The number of rotatable bonds is 7. The fraction of sp³-hybridized carbons (Fsp3) is 0.389. The van der Waals surface area contributed by atoms with Crippen LogP contribution >= 0.6 is 11.3 Å². The SMILES string of the molecule is Cc1csc(-c2cccc(C(=O)N(CCC(=O)O)CC(C)C)c2)n1. The van der Waals surface area contributed by atoms with E-state index >= 15 is 0 Å². The van der Waals surface area contributed by atoms with Crippen molar-refractivity contribution in [3.05, 3.63) is 40.9 Å². The van der Waals surface area contributed by atoms with Gasteiger partial charge in [0.2, 0.25) is 0 Å². The van der Waals surface area contributed by atoms with Crippen molar-refractivity contribution < 1.29 is 14.7 Å². The van der Waals surface area contributed by atoms with Gasteiger partial charge in [-0.3, -0.25) is 9.59 Å². The van der Waals surface area contributed by atoms with Gasteiger partial charge in [-0.05, 0) is 25.0 Å². The van der Waals surface area contributed by atoms with Crippen LogP contribution in [0.3, 0.4) is 0 Å². The second-order valence-corrected chi connectivity index (χ2v) is 7.02. The van der Waals surface area contributed by atoms with Gasteiger partial charge in [0.1, 0.15) is 5.01 Å². The maximum Gasteiger partial charge on any atom is 0.305 e. The molecule has 1 amide bonds. The predicted octanol–water partition coefficient (Wildman–Crippen LogP) is 3.69. The van der Waals surface area contributed by atoms with Crippen molar-refractivity contribution in [2.24, 2.45) is 5.92 Å². The largest absolute Gasteiger partial charge is 0.481 e. The van der Waals surface area contributed by atoms with Gasteiger partial charge in [0.15, 0.2) is 0 Å². The molecule has 0 unspecified atom stereocenters. The van der Waals surface area contributed by atoms with E-state index in [4.69, 9.17) is 5.11 Å². The van der Waals surface area contributed by atoms with Crippen molar-refractivity contribution in [2.75, 3.05) is 13.1 Å². The minimum Gasteiger partial charge on any atom is -0.481 e. The molecule has 5 nitrogen and oxygen atoms in total. The number of carboxylic acids is 1. The third kappa shape index (κ3) is 4.89. The van der Waals surface area contributed by atoms with Crippen LogP contribution in [0.5, 0.6) is 0 Å². The average molecular weight is 346 g/mol. The fourth-order valence-corrected chi connectivity index (χ4v) is 3.20. The molecule has 1 N–H and O–H groups in total. The number of carbonyl (C=O) groups excluding carboxylic acids is 1. The molecule has 0 aliphatic heterocycles. The summed E-state index contributed by atoms with van der Waals surface area (Å²) in [5.74, 6) is -0.767. The molecule has 0 radical (unpaired) electrons. The second-order valence-electron chi connectivity index (χ2n) is 6.16. The van der Waals surface area contributed by atoms with Crippen LogP contribution in [0.2, 0.25) is 0 Å². The molecule has 0 saturated heterocycles. The summed E-state index contributed by atoms with van der Waals surface area (Å²) in [7, 11) is 0. The summed E-state index contributed by atoms with van der Waals surface area (Å²) in [4.78, 5) is 29.7. The number of carboxylic acid groups (broad SMARTS) is 1. The highest BCUT2D eigenvalue weighted by Gasteiger charge is 2.18. The number of thiazole rings is 1. The first kappa shape index (κ1) is 18.1. The topological polar surface area (TPSA) is 70.5 Å². The Kier molecular flexibility index (Phi) is 6.09. The molecule has 1 heterocycles. The van der Waals surface area contributed by atoms with E-state index in [1.165, 1.54) is 0 Å². The maximum atomic E-state index is 12.8. The zero-order valence-electron chi connectivity index (χ0n) is 14.2. The Morgan fingerprint density at radius 2 is 2.08 bits per heavy atom. The third-order valence-corrected chi connectivity index (χ3v) is 4.45. The zero-order valence-corrected chi connectivity index (χ0v) is 15.0. The number of nitrogens with zero attached hydrogens (tertiary/aromatic N) is 2. The van der Waals surface area contributed by atoms with Crippen molar-refractivity contribution in [3.8, 4) is 10.6 Å². The summed E-state index contributed by atoms with van der Waals surface area (Å²) in [6.45, 7) is 6.70. The molecule has 24 heavy (non-hydrogen) atoms. The van der Waals surface area contributed by atoms with Gasteiger partial charge in [0, 0.05) is 35.3 Å². The van der Waals surface area contributed by atoms with Crippen LogP contribution in [0.1, 0.15) is 36.3 Å². The van der Waals surface area contributed by atoms with Crippen molar-refractivity contribution in [1.29, 1.82) is 0 Å². The molecule has 0 fully saturated rings. The Morgan fingerprint density at radius 1 is 1.33 bits per heavy atom. The lowest BCUT2D eigenvalue weighted by atomic mass is 10.1. The lowest BCUT2D eigenvalue weighted by Gasteiger charge is -2.24. The number of hydrogen-bond donors (Lipinski definition) is 1. The summed E-state index contributed by atoms with van der Waals surface area (Å²) in [6.07, 6.45) is -0.0518. The van der Waals surface area contributed by atoms with E-state index < -0.39 is 5.97 Å². The normalized spacial score (nSPS) is 10.8. The molecule has 0 saturated carbocycles. The molecular weight excluding hydrogens is 324 g/mol. The van der Waals surface area contributed by atoms with Crippen LogP contribution in [0, 0.1) is 12.8 Å². The maximum absolute atomic E-state index is 12.8. The minimum absolute atomic E-state index is 0.0518. The van der Waals surface area contributed by atoms with Gasteiger partial charge < -0.3 is 10.0 Å². The summed E-state index contributed by atoms with van der Waals surface area (Å²) in [5, 5.41) is 11.8. The van der Waals surface area contributed by atoms with E-state index in [2.05, 4.69) is 4.98 Å². The second kappa shape index (κ2) is 8.06. The van der Waals surface area contributed by atoms with E-state index in [-0.39, 0.29) is 24.8 Å². The van der Waals surface area contributed by atoms with Crippen LogP contribution in [-0.2, 0) is 4.79 Å². The van der Waals surface area contributed by atoms with Gasteiger partial charge in [0.25, 0.3) is 5.91 Å². The van der Waals surface area contributed by atoms with E-state index in [1.54, 1.807) is 22.3 Å². The van der Waals surface area contributed by atoms with Crippen LogP contribution in [-0.4, -0.2) is 40.0 Å². The molecule has 0 bridgehead atoms. The lowest BCUT2D eigenvalue weighted by Crippen LogP contribution is -2.36. The number of aromatic nitrogens is 1. The first-order chi connectivity index (χ1) is 11.4. The molecule has 2 rings (SSSR count). The highest BCUT2D eigenvalue weighted by molar-refractivity contribution is 7.13. The van der Waals surface area contributed by atoms with E-state index in [9.17, 15) is 9.59 Å². The van der Waals surface area contributed by atoms with Crippen LogP contribution < -0.4 is 0 Å². The standard InChI is InChI=1S/C18H22N2O3S/c1-12(2)10-20(8-7-16(21)22)18(23)15-6-4-5-14(9-15)17-19-13(3)11-24-17/h4-6,9,11-12H,7-8,10H2,1-3H3,(H,21,22). The molecular formula is C18H22N2O3S. The first-order valence-electron chi connectivity index (χ1n) is 7.90. The highest BCUT2D eigenvalue weighted by atomic mass is 32.1. The number of amides is 1. The van der Waals surface area contributed by atoms with Crippen molar-refractivity contribution in [1.82, 2.24) is 9.88 Å². The third-order valence-electron chi connectivity index (χ3n) is 3.44. The van der Waals surface area contributed by atoms with E-state index in [1.807, 2.05) is 44.4 Å². The smallest absolute Gasteiger partial charge is 0.305 e. The van der Waals surface area contributed by atoms with Gasteiger partial charge in [-0.25, -0.2) is 4.98 Å². The van der Waals surface area contributed by atoms with E-state index in [0.29, 0.717) is 12.1 Å². The Balaban J connectivity index is 2.23. The van der Waals surface area contributed by atoms with Crippen molar-refractivity contribution in [3.63, 3.8) is 0 Å². The number of carbonyl (C=O) groups is 2. The first-order valence-corrected chi connectivity index (χ1v) is 8.78. The molecule has 2 aromatic rings. The monoisotopic (exact) mass is 346 g/mol. The fourth-order valence-electron chi connectivity index (χ4n) is 2.40. The van der Waals surface area contributed by atoms with Gasteiger partial charge in [-0.1, -0.05) is 26.0 Å². The average Bonchev–Trinajstić information content (AvgIpc) is 2.97. The molecule has 1 aromatic carbocycles. The Labute approximate surface area is 146 Å². The molecule has 128 valence electrons. The predicted molar refractivity (Wildman–Crippen MR) is 95.3 cm³/mol. The number of hydrogen-bond acceptors (Lipinski definition) is 4. The molecule has 0 aliphatic carbocycles. The van der Waals surface area contributed by atoms with Gasteiger partial charge in [-0.15, -0.1) is 11.3 Å². The number of aliphatic carboxylic acids is 1. The van der Waals surface area contributed by atoms with Crippen molar-refractivity contribution in [2.45, 2.75) is 27.2 Å². The van der Waals surface area contributed by atoms with Gasteiger partial charge in [-0.2, -0.15) is 0 Å². The number of aryl methyl sites for hydroxylation is 1. The molecule has 0 atom stereocenters. The van der Waals surface area contributed by atoms with Gasteiger partial charge in [0.05, 0.1) is 6.42 Å². The quantitative estimate of drug-likeness (QED) is 0.830. The Hall–Kier alpha value is -2.21. The summed E-state index contributed by atoms with van der Waals surface area (Å²) >= 11 is 1.54. The highest BCUT2D eigenvalue weighted by Crippen LogP contribution is 2.24. The summed E-state index contributed by atoms with van der Waals surface area (Å²) in [6, 6.07) is 7.36. The zero-order chi connectivity index (χ0) is 17.7. The lowest BCUT2D eigenvalue weighted by molar-refractivity contribution is -0.137. The minimum atomic E-state index is -0.899. The number of benzene rings is 1. The van der Waals surface area contributed by atoms with Crippen molar-refractivity contribution >= 4 is 23.2 Å². The molecule has 1 aromatic heterocycles. The molecule has 6 heteroatoms. The van der Waals surface area contributed by atoms with E-state index in [0.717, 1.165) is 16.3 Å². The van der Waals surface area contributed by atoms with Crippen LogP contribution in [0.15, 0.2) is 29.6 Å².